The summed E-state index contributed by atoms with van der Waals surface area (Å²) in [7, 11) is 2.83. The Kier molecular flexibility index (Phi) is 3.93. The van der Waals surface area contributed by atoms with Crippen LogP contribution in [-0.2, 0) is 5.92 Å². The van der Waals surface area contributed by atoms with Gasteiger partial charge in [0.1, 0.15) is 11.5 Å². The molecule has 3 nitrogen and oxygen atoms in total. The number of alkyl halides is 2. The quantitative estimate of drug-likeness (QED) is 0.886. The summed E-state index contributed by atoms with van der Waals surface area (Å²) in [6.07, 6.45) is 0. The number of ether oxygens (including phenoxy) is 2. The van der Waals surface area contributed by atoms with Crippen molar-refractivity contribution in [1.82, 2.24) is 0 Å². The molecule has 0 saturated heterocycles. The molecule has 1 aromatic carbocycles. The summed E-state index contributed by atoms with van der Waals surface area (Å²) in [6, 6.07) is 1.49. The minimum atomic E-state index is -3.14. The van der Waals surface area contributed by atoms with E-state index in [0.29, 0.717) is 11.3 Å². The lowest BCUT2D eigenvalue weighted by Crippen LogP contribution is -2.36. The van der Waals surface area contributed by atoms with E-state index in [2.05, 4.69) is 0 Å². The first-order chi connectivity index (χ1) is 7.86. The molecule has 0 aromatic heterocycles. The second kappa shape index (κ2) is 4.87. The molecule has 0 aliphatic rings. The van der Waals surface area contributed by atoms with Gasteiger partial charge in [0.05, 0.1) is 25.8 Å². The maximum absolute atomic E-state index is 13.9. The molecular formula is C12H17F2NO2. The molecule has 0 bridgehead atoms. The molecule has 1 atom stereocenters. The Morgan fingerprint density at radius 3 is 2.24 bits per heavy atom. The van der Waals surface area contributed by atoms with Crippen molar-refractivity contribution >= 4 is 0 Å². The Hall–Kier alpha value is -1.36. The normalized spacial score (nSPS) is 13.4. The van der Waals surface area contributed by atoms with Gasteiger partial charge in [-0.15, -0.1) is 0 Å². The molecule has 5 heteroatoms. The van der Waals surface area contributed by atoms with Gasteiger partial charge >= 0.3 is 0 Å². The number of rotatable bonds is 4. The molecule has 17 heavy (non-hydrogen) atoms. The SMILES string of the molecule is COc1ccc(C(F)(F)C(C)N)c(OC)c1C. The van der Waals surface area contributed by atoms with Gasteiger partial charge in [0.15, 0.2) is 0 Å². The van der Waals surface area contributed by atoms with Gasteiger partial charge in [0.25, 0.3) is 5.92 Å². The fourth-order valence-corrected chi connectivity index (χ4v) is 1.67. The minimum absolute atomic E-state index is 0.117. The topological polar surface area (TPSA) is 44.5 Å². The lowest BCUT2D eigenvalue weighted by molar-refractivity contribution is -0.0277. The van der Waals surface area contributed by atoms with Gasteiger partial charge in [-0.3, -0.25) is 0 Å². The van der Waals surface area contributed by atoms with Crippen molar-refractivity contribution in [1.29, 1.82) is 0 Å². The number of halogens is 2. The fraction of sp³-hybridized carbons (Fsp3) is 0.500. The first kappa shape index (κ1) is 13.7. The zero-order chi connectivity index (χ0) is 13.2. The van der Waals surface area contributed by atoms with E-state index in [1.54, 1.807) is 6.92 Å². The number of hydrogen-bond donors (Lipinski definition) is 1. The molecule has 0 aliphatic carbocycles. The van der Waals surface area contributed by atoms with E-state index in [0.717, 1.165) is 0 Å². The van der Waals surface area contributed by atoms with Gasteiger partial charge < -0.3 is 15.2 Å². The lowest BCUT2D eigenvalue weighted by atomic mass is 9.99. The van der Waals surface area contributed by atoms with E-state index in [1.807, 2.05) is 0 Å². The maximum Gasteiger partial charge on any atom is 0.291 e. The fourth-order valence-electron chi connectivity index (χ4n) is 1.67. The average Bonchev–Trinajstić information content (AvgIpc) is 2.28. The van der Waals surface area contributed by atoms with Crippen molar-refractivity contribution in [3.8, 4) is 11.5 Å². The first-order valence-electron chi connectivity index (χ1n) is 5.21. The predicted octanol–water partition coefficient (Wildman–Crippen LogP) is 2.45. The molecule has 1 aromatic rings. The Morgan fingerprint density at radius 1 is 1.24 bits per heavy atom. The molecule has 0 amide bonds. The number of methoxy groups -OCH3 is 2. The summed E-state index contributed by atoms with van der Waals surface area (Å²) < 4.78 is 37.9. The monoisotopic (exact) mass is 245 g/mol. The van der Waals surface area contributed by atoms with Crippen molar-refractivity contribution in [3.63, 3.8) is 0 Å². The zero-order valence-electron chi connectivity index (χ0n) is 10.4. The van der Waals surface area contributed by atoms with Crippen LogP contribution in [0.4, 0.5) is 8.78 Å². The van der Waals surface area contributed by atoms with Crippen LogP contribution in [0.1, 0.15) is 18.1 Å². The summed E-state index contributed by atoms with van der Waals surface area (Å²) in [5, 5.41) is 0. The molecule has 96 valence electrons. The van der Waals surface area contributed by atoms with E-state index in [1.165, 1.54) is 33.3 Å². The molecule has 0 saturated carbocycles. The largest absolute Gasteiger partial charge is 0.496 e. The van der Waals surface area contributed by atoms with Crippen LogP contribution in [-0.4, -0.2) is 20.3 Å². The summed E-state index contributed by atoms with van der Waals surface area (Å²) in [6.45, 7) is 2.93. The highest BCUT2D eigenvalue weighted by Gasteiger charge is 2.39. The van der Waals surface area contributed by atoms with Crippen molar-refractivity contribution < 1.29 is 18.3 Å². The van der Waals surface area contributed by atoms with Crippen molar-refractivity contribution in [2.24, 2.45) is 5.73 Å². The van der Waals surface area contributed by atoms with Gasteiger partial charge in [-0.2, -0.15) is 8.78 Å². The van der Waals surface area contributed by atoms with Crippen LogP contribution < -0.4 is 15.2 Å². The number of benzene rings is 1. The van der Waals surface area contributed by atoms with Crippen LogP contribution in [0.3, 0.4) is 0 Å². The minimum Gasteiger partial charge on any atom is -0.496 e. The first-order valence-corrected chi connectivity index (χ1v) is 5.21. The standard InChI is InChI=1S/C12H17F2NO2/c1-7-10(16-3)6-5-9(11(7)17-4)12(13,14)8(2)15/h5-6,8H,15H2,1-4H3. The van der Waals surface area contributed by atoms with Crippen LogP contribution in [0.15, 0.2) is 12.1 Å². The van der Waals surface area contributed by atoms with E-state index in [-0.39, 0.29) is 11.3 Å². The van der Waals surface area contributed by atoms with E-state index in [4.69, 9.17) is 15.2 Å². The number of nitrogens with two attached hydrogens (primary N) is 1. The Labute approximate surface area is 99.5 Å². The third-order valence-electron chi connectivity index (χ3n) is 2.71. The van der Waals surface area contributed by atoms with Crippen LogP contribution >= 0.6 is 0 Å². The van der Waals surface area contributed by atoms with Crippen molar-refractivity contribution in [3.05, 3.63) is 23.3 Å². The molecule has 1 unspecified atom stereocenters. The second-order valence-corrected chi connectivity index (χ2v) is 3.89. The van der Waals surface area contributed by atoms with Crippen LogP contribution in [0.5, 0.6) is 11.5 Å². The van der Waals surface area contributed by atoms with Gasteiger partial charge in [0, 0.05) is 5.56 Å². The van der Waals surface area contributed by atoms with Crippen LogP contribution in [0.2, 0.25) is 0 Å². The molecule has 0 spiro atoms. The summed E-state index contributed by atoms with van der Waals surface area (Å²) in [4.78, 5) is 0. The smallest absolute Gasteiger partial charge is 0.291 e. The molecule has 0 radical (unpaired) electrons. The molecular weight excluding hydrogens is 228 g/mol. The lowest BCUT2D eigenvalue weighted by Gasteiger charge is -2.24. The summed E-state index contributed by atoms with van der Waals surface area (Å²) in [5.41, 5.74) is 5.63. The average molecular weight is 245 g/mol. The van der Waals surface area contributed by atoms with Gasteiger partial charge in [-0.1, -0.05) is 0 Å². The predicted molar refractivity (Wildman–Crippen MR) is 61.8 cm³/mol. The highest BCUT2D eigenvalue weighted by atomic mass is 19.3. The van der Waals surface area contributed by atoms with Gasteiger partial charge in [0.2, 0.25) is 0 Å². The molecule has 1 rings (SSSR count). The molecule has 0 fully saturated rings. The van der Waals surface area contributed by atoms with E-state index < -0.39 is 12.0 Å². The third kappa shape index (κ3) is 2.34. The Balaban J connectivity index is 3.40. The van der Waals surface area contributed by atoms with Crippen LogP contribution in [0.25, 0.3) is 0 Å². The third-order valence-corrected chi connectivity index (χ3v) is 2.71. The van der Waals surface area contributed by atoms with E-state index in [9.17, 15) is 8.78 Å². The van der Waals surface area contributed by atoms with E-state index >= 15 is 0 Å². The highest BCUT2D eigenvalue weighted by molar-refractivity contribution is 5.51. The zero-order valence-corrected chi connectivity index (χ0v) is 10.4. The summed E-state index contributed by atoms with van der Waals surface area (Å²) >= 11 is 0. The van der Waals surface area contributed by atoms with Crippen molar-refractivity contribution in [2.75, 3.05) is 14.2 Å². The Bertz CT molecular complexity index is 406. The Morgan fingerprint density at radius 2 is 1.82 bits per heavy atom. The molecule has 0 heterocycles. The highest BCUT2D eigenvalue weighted by Crippen LogP contribution is 2.41. The second-order valence-electron chi connectivity index (χ2n) is 3.89. The molecule has 0 aliphatic heterocycles. The van der Waals surface area contributed by atoms with Crippen molar-refractivity contribution in [2.45, 2.75) is 25.8 Å². The van der Waals surface area contributed by atoms with Gasteiger partial charge in [-0.05, 0) is 26.0 Å². The van der Waals surface area contributed by atoms with Gasteiger partial charge in [-0.25, -0.2) is 0 Å². The number of hydrogen-bond acceptors (Lipinski definition) is 3. The maximum atomic E-state index is 13.9. The summed E-state index contributed by atoms with van der Waals surface area (Å²) in [5.74, 6) is -2.51. The molecule has 2 N–H and O–H groups in total. The van der Waals surface area contributed by atoms with Crippen LogP contribution in [0, 0.1) is 6.92 Å².